The molecule has 0 bridgehead atoms. The van der Waals surface area contributed by atoms with Crippen molar-refractivity contribution in [2.75, 3.05) is 6.54 Å². The van der Waals surface area contributed by atoms with E-state index < -0.39 is 0 Å². The third-order valence-electron chi connectivity index (χ3n) is 3.53. The highest BCUT2D eigenvalue weighted by atomic mass is 35.5. The van der Waals surface area contributed by atoms with Crippen molar-refractivity contribution >= 4 is 17.5 Å². The van der Waals surface area contributed by atoms with Gasteiger partial charge in [-0.1, -0.05) is 23.7 Å². The summed E-state index contributed by atoms with van der Waals surface area (Å²) in [4.78, 5) is 27.6. The van der Waals surface area contributed by atoms with Gasteiger partial charge in [0.15, 0.2) is 0 Å². The third kappa shape index (κ3) is 5.21. The molecule has 1 N–H and O–H groups in total. The smallest absolute Gasteiger partial charge is 0.348 e. The Labute approximate surface area is 140 Å². The number of carbonyl (C=O) groups excluding carboxylic acids is 1. The molecular formula is C17H20ClN3O2. The first-order chi connectivity index (χ1) is 11.0. The summed E-state index contributed by atoms with van der Waals surface area (Å²) in [7, 11) is 0. The van der Waals surface area contributed by atoms with E-state index in [9.17, 15) is 9.59 Å². The number of benzene rings is 1. The molecule has 23 heavy (non-hydrogen) atoms. The monoisotopic (exact) mass is 333 g/mol. The maximum absolute atomic E-state index is 11.9. The Morgan fingerprint density at radius 1 is 1.26 bits per heavy atom. The zero-order valence-corrected chi connectivity index (χ0v) is 14.1. The van der Waals surface area contributed by atoms with Crippen LogP contribution in [0.2, 0.25) is 5.02 Å². The minimum absolute atomic E-state index is 0.00110. The van der Waals surface area contributed by atoms with Crippen molar-refractivity contribution in [1.82, 2.24) is 14.9 Å². The molecule has 1 heterocycles. The van der Waals surface area contributed by atoms with Crippen molar-refractivity contribution in [3.8, 4) is 0 Å². The van der Waals surface area contributed by atoms with Crippen molar-refractivity contribution in [3.05, 3.63) is 62.8 Å². The Balaban J connectivity index is 1.79. The minimum atomic E-state index is -0.390. The zero-order chi connectivity index (χ0) is 16.8. The van der Waals surface area contributed by atoms with Crippen molar-refractivity contribution in [2.24, 2.45) is 0 Å². The second kappa shape index (κ2) is 7.92. The van der Waals surface area contributed by atoms with Crippen LogP contribution in [0.3, 0.4) is 0 Å². The molecule has 0 spiro atoms. The van der Waals surface area contributed by atoms with E-state index in [-0.39, 0.29) is 18.1 Å². The Morgan fingerprint density at radius 3 is 2.61 bits per heavy atom. The predicted octanol–water partition coefficient (Wildman–Crippen LogP) is 2.26. The molecular weight excluding hydrogens is 314 g/mol. The first kappa shape index (κ1) is 17.2. The van der Waals surface area contributed by atoms with Crippen LogP contribution in [0.5, 0.6) is 0 Å². The van der Waals surface area contributed by atoms with Gasteiger partial charge in [0.25, 0.3) is 0 Å². The number of aryl methyl sites for hydroxylation is 3. The number of halogens is 1. The molecule has 1 aromatic carbocycles. The summed E-state index contributed by atoms with van der Waals surface area (Å²) < 4.78 is 1.38. The van der Waals surface area contributed by atoms with E-state index in [1.54, 1.807) is 19.9 Å². The molecule has 1 amide bonds. The van der Waals surface area contributed by atoms with Gasteiger partial charge in [-0.3, -0.25) is 9.36 Å². The molecule has 5 nitrogen and oxygen atoms in total. The van der Waals surface area contributed by atoms with Crippen LogP contribution < -0.4 is 11.0 Å². The molecule has 0 aliphatic carbocycles. The summed E-state index contributed by atoms with van der Waals surface area (Å²) in [5.74, 6) is -0.183. The van der Waals surface area contributed by atoms with Gasteiger partial charge in [0, 0.05) is 23.0 Å². The summed E-state index contributed by atoms with van der Waals surface area (Å²) in [6.07, 6.45) is 1.69. The molecule has 1 aromatic heterocycles. The number of nitrogens with one attached hydrogen (secondary N) is 1. The van der Waals surface area contributed by atoms with E-state index in [0.29, 0.717) is 12.2 Å². The van der Waals surface area contributed by atoms with Crippen LogP contribution in [-0.4, -0.2) is 22.0 Å². The van der Waals surface area contributed by atoms with Gasteiger partial charge >= 0.3 is 5.69 Å². The first-order valence-electron chi connectivity index (χ1n) is 7.52. The van der Waals surface area contributed by atoms with E-state index in [0.717, 1.165) is 23.6 Å². The molecule has 2 rings (SSSR count). The SMILES string of the molecule is Cc1cc(C)n(CC(=O)NCCCc2ccc(Cl)cc2)c(=O)n1. The van der Waals surface area contributed by atoms with Gasteiger partial charge in [0.05, 0.1) is 0 Å². The van der Waals surface area contributed by atoms with E-state index >= 15 is 0 Å². The lowest BCUT2D eigenvalue weighted by molar-refractivity contribution is -0.121. The summed E-state index contributed by atoms with van der Waals surface area (Å²) in [6.45, 7) is 4.12. The van der Waals surface area contributed by atoms with Gasteiger partial charge in [-0.2, -0.15) is 4.98 Å². The van der Waals surface area contributed by atoms with E-state index in [1.807, 2.05) is 24.3 Å². The molecule has 0 saturated heterocycles. The Kier molecular flexibility index (Phi) is 5.93. The molecule has 0 radical (unpaired) electrons. The number of carbonyl (C=O) groups is 1. The lowest BCUT2D eigenvalue weighted by Gasteiger charge is -2.10. The van der Waals surface area contributed by atoms with E-state index in [1.165, 1.54) is 10.1 Å². The highest BCUT2D eigenvalue weighted by molar-refractivity contribution is 6.30. The summed E-state index contributed by atoms with van der Waals surface area (Å²) in [5, 5.41) is 3.55. The number of amides is 1. The van der Waals surface area contributed by atoms with Gasteiger partial charge in [0.2, 0.25) is 5.91 Å². The molecule has 0 aliphatic rings. The van der Waals surface area contributed by atoms with Crippen LogP contribution in [-0.2, 0) is 17.8 Å². The van der Waals surface area contributed by atoms with Crippen molar-refractivity contribution < 1.29 is 4.79 Å². The maximum Gasteiger partial charge on any atom is 0.348 e. The fourth-order valence-corrected chi connectivity index (χ4v) is 2.46. The molecule has 0 saturated carbocycles. The van der Waals surface area contributed by atoms with Crippen LogP contribution in [0, 0.1) is 13.8 Å². The standard InChI is InChI=1S/C17H20ClN3O2/c1-12-10-13(2)21(17(23)20-12)11-16(22)19-9-3-4-14-5-7-15(18)8-6-14/h5-8,10H,3-4,9,11H2,1-2H3,(H,19,22). The predicted molar refractivity (Wildman–Crippen MR) is 90.8 cm³/mol. The lowest BCUT2D eigenvalue weighted by atomic mass is 10.1. The average molecular weight is 334 g/mol. The number of aromatic nitrogens is 2. The topological polar surface area (TPSA) is 64.0 Å². The number of nitrogens with zero attached hydrogens (tertiary/aromatic N) is 2. The number of hydrogen-bond acceptors (Lipinski definition) is 3. The fourth-order valence-electron chi connectivity index (χ4n) is 2.34. The minimum Gasteiger partial charge on any atom is -0.355 e. The first-order valence-corrected chi connectivity index (χ1v) is 7.90. The second-order valence-corrected chi connectivity index (χ2v) is 5.92. The van der Waals surface area contributed by atoms with E-state index in [2.05, 4.69) is 10.3 Å². The van der Waals surface area contributed by atoms with Crippen molar-refractivity contribution in [3.63, 3.8) is 0 Å². The molecule has 0 unspecified atom stereocenters. The van der Waals surface area contributed by atoms with Crippen LogP contribution in [0.15, 0.2) is 35.1 Å². The quantitative estimate of drug-likeness (QED) is 0.825. The largest absolute Gasteiger partial charge is 0.355 e. The molecule has 0 aliphatic heterocycles. The maximum atomic E-state index is 11.9. The highest BCUT2D eigenvalue weighted by Gasteiger charge is 2.08. The molecule has 6 heteroatoms. The second-order valence-electron chi connectivity index (χ2n) is 5.49. The van der Waals surface area contributed by atoms with Crippen LogP contribution in [0.25, 0.3) is 0 Å². The Bertz CT molecular complexity index is 738. The fraction of sp³-hybridized carbons (Fsp3) is 0.353. The third-order valence-corrected chi connectivity index (χ3v) is 3.78. The average Bonchev–Trinajstić information content (AvgIpc) is 2.49. The molecule has 122 valence electrons. The van der Waals surface area contributed by atoms with Crippen LogP contribution in [0.1, 0.15) is 23.4 Å². The van der Waals surface area contributed by atoms with Crippen molar-refractivity contribution in [1.29, 1.82) is 0 Å². The summed E-state index contributed by atoms with van der Waals surface area (Å²) in [6, 6.07) is 9.45. The molecule has 0 atom stereocenters. The van der Waals surface area contributed by atoms with Crippen LogP contribution >= 0.6 is 11.6 Å². The van der Waals surface area contributed by atoms with Crippen LogP contribution in [0.4, 0.5) is 0 Å². The molecule has 0 fully saturated rings. The van der Waals surface area contributed by atoms with Gasteiger partial charge in [-0.25, -0.2) is 4.79 Å². The zero-order valence-electron chi connectivity index (χ0n) is 13.3. The Hall–Kier alpha value is -2.14. The number of rotatable bonds is 6. The van der Waals surface area contributed by atoms with Gasteiger partial charge in [0.1, 0.15) is 6.54 Å². The highest BCUT2D eigenvalue weighted by Crippen LogP contribution is 2.10. The summed E-state index contributed by atoms with van der Waals surface area (Å²) >= 11 is 5.84. The lowest BCUT2D eigenvalue weighted by Crippen LogP contribution is -2.35. The summed E-state index contributed by atoms with van der Waals surface area (Å²) in [5.41, 5.74) is 2.18. The van der Waals surface area contributed by atoms with Gasteiger partial charge < -0.3 is 5.32 Å². The van der Waals surface area contributed by atoms with E-state index in [4.69, 9.17) is 11.6 Å². The Morgan fingerprint density at radius 2 is 1.96 bits per heavy atom. The van der Waals surface area contributed by atoms with Gasteiger partial charge in [-0.05, 0) is 50.5 Å². The number of hydrogen-bond donors (Lipinski definition) is 1. The normalized spacial score (nSPS) is 10.6. The van der Waals surface area contributed by atoms with Gasteiger partial charge in [-0.15, -0.1) is 0 Å². The molecule has 2 aromatic rings. The van der Waals surface area contributed by atoms with Crippen molar-refractivity contribution in [2.45, 2.75) is 33.2 Å².